The number of nitrogens with zero attached hydrogens (tertiary/aromatic N) is 3. The van der Waals surface area contributed by atoms with Gasteiger partial charge in [0.1, 0.15) is 5.60 Å². The Labute approximate surface area is 162 Å². The Morgan fingerprint density at radius 3 is 2.79 bits per heavy atom. The molecule has 28 heavy (non-hydrogen) atoms. The van der Waals surface area contributed by atoms with Crippen LogP contribution in [0.4, 0.5) is 15.3 Å². The largest absolute Gasteiger partial charge is 0.441 e. The maximum Gasteiger partial charge on any atom is 0.407 e. The zero-order chi connectivity index (χ0) is 19.6. The summed E-state index contributed by atoms with van der Waals surface area (Å²) in [6, 6.07) is 7.14. The van der Waals surface area contributed by atoms with Gasteiger partial charge in [-0.05, 0) is 37.1 Å². The lowest BCUT2D eigenvalue weighted by Gasteiger charge is -2.25. The van der Waals surface area contributed by atoms with Crippen LogP contribution in [0.5, 0.6) is 0 Å². The summed E-state index contributed by atoms with van der Waals surface area (Å²) < 4.78 is 10.7. The second-order valence-electron chi connectivity index (χ2n) is 7.14. The number of aromatic nitrogens is 2. The van der Waals surface area contributed by atoms with Crippen LogP contribution in [-0.2, 0) is 11.2 Å². The van der Waals surface area contributed by atoms with Crippen molar-refractivity contribution in [1.82, 2.24) is 20.4 Å². The zero-order valence-electron chi connectivity index (χ0n) is 15.7. The predicted molar refractivity (Wildman–Crippen MR) is 101 cm³/mol. The van der Waals surface area contributed by atoms with Crippen LogP contribution < -0.4 is 10.6 Å². The molecule has 1 aromatic heterocycles. The van der Waals surface area contributed by atoms with Gasteiger partial charge in [0.05, 0.1) is 6.54 Å². The van der Waals surface area contributed by atoms with Gasteiger partial charge in [-0.2, -0.15) is 4.98 Å². The van der Waals surface area contributed by atoms with E-state index >= 15 is 0 Å². The molecule has 9 heteroatoms. The van der Waals surface area contributed by atoms with Crippen LogP contribution in [-0.4, -0.2) is 52.4 Å². The predicted octanol–water partition coefficient (Wildman–Crippen LogP) is 2.80. The number of carbonyl (C=O) groups excluding carboxylic acids is 2. The highest BCUT2D eigenvalue weighted by Crippen LogP contribution is 2.29. The second kappa shape index (κ2) is 7.49. The van der Waals surface area contributed by atoms with Crippen molar-refractivity contribution >= 4 is 17.8 Å². The van der Waals surface area contributed by atoms with Crippen molar-refractivity contribution in [2.45, 2.75) is 38.2 Å². The van der Waals surface area contributed by atoms with Gasteiger partial charge in [-0.1, -0.05) is 12.1 Å². The molecule has 3 amide bonds. The lowest BCUT2D eigenvalue weighted by molar-refractivity contribution is 0.0454. The van der Waals surface area contributed by atoms with Crippen molar-refractivity contribution in [2.24, 2.45) is 0 Å². The highest BCUT2D eigenvalue weighted by molar-refractivity contribution is 5.89. The highest BCUT2D eigenvalue weighted by atomic mass is 16.6. The second-order valence-corrected chi connectivity index (χ2v) is 7.14. The van der Waals surface area contributed by atoms with Gasteiger partial charge >= 0.3 is 12.1 Å². The van der Waals surface area contributed by atoms with Gasteiger partial charge in [0, 0.05) is 37.2 Å². The van der Waals surface area contributed by atoms with E-state index in [0.717, 1.165) is 18.4 Å². The number of rotatable bonds is 3. The number of anilines is 1. The fourth-order valence-corrected chi connectivity index (χ4v) is 3.57. The molecule has 0 unspecified atom stereocenters. The zero-order valence-corrected chi connectivity index (χ0v) is 15.7. The number of urea groups is 1. The van der Waals surface area contributed by atoms with Gasteiger partial charge in [-0.3, -0.25) is 0 Å². The number of carbonyl (C=O) groups is 2. The van der Waals surface area contributed by atoms with Crippen molar-refractivity contribution in [3.8, 4) is 11.5 Å². The van der Waals surface area contributed by atoms with E-state index in [0.29, 0.717) is 49.9 Å². The Kier molecular flexibility index (Phi) is 4.89. The molecule has 2 saturated heterocycles. The van der Waals surface area contributed by atoms with Gasteiger partial charge < -0.3 is 24.8 Å². The molecule has 1 aromatic carbocycles. The summed E-state index contributed by atoms with van der Waals surface area (Å²) in [7, 11) is 0. The third-order valence-corrected chi connectivity index (χ3v) is 5.22. The van der Waals surface area contributed by atoms with Gasteiger partial charge in [0.15, 0.2) is 5.82 Å². The maximum absolute atomic E-state index is 12.6. The smallest absolute Gasteiger partial charge is 0.407 e. The van der Waals surface area contributed by atoms with Crippen LogP contribution in [0.3, 0.4) is 0 Å². The normalized spacial score (nSPS) is 21.9. The number of hydrogen-bond acceptors (Lipinski definition) is 6. The minimum atomic E-state index is -0.477. The standard InChI is InChI=1S/C19H23N5O4/c1-2-15-22-16(28-23-15)13-4-6-14(7-5-13)21-17(25)24-10-3-8-19(9-11-24)12-20-18(26)27-19/h4-7H,2-3,8-12H2,1H3,(H,20,26)(H,21,25)/t19-/m1/s1. The first-order valence-electron chi connectivity index (χ1n) is 9.53. The molecule has 0 aliphatic carbocycles. The molecule has 4 rings (SSSR count). The number of alkyl carbamates (subject to hydrolysis) is 1. The lowest BCUT2D eigenvalue weighted by atomic mass is 9.95. The monoisotopic (exact) mass is 385 g/mol. The van der Waals surface area contributed by atoms with Crippen LogP contribution in [0.2, 0.25) is 0 Å². The molecule has 0 bridgehead atoms. The Balaban J connectivity index is 1.36. The summed E-state index contributed by atoms with van der Waals surface area (Å²) in [6.07, 6.45) is 2.52. The molecule has 1 spiro atoms. The number of benzene rings is 1. The number of amides is 3. The third kappa shape index (κ3) is 3.78. The van der Waals surface area contributed by atoms with Crippen LogP contribution in [0.15, 0.2) is 28.8 Å². The molecule has 148 valence electrons. The topological polar surface area (TPSA) is 110 Å². The quantitative estimate of drug-likeness (QED) is 0.841. The maximum atomic E-state index is 12.6. The summed E-state index contributed by atoms with van der Waals surface area (Å²) >= 11 is 0. The Hall–Kier alpha value is -3.10. The number of aryl methyl sites for hydroxylation is 1. The number of ether oxygens (including phenoxy) is 1. The molecular weight excluding hydrogens is 362 g/mol. The van der Waals surface area contributed by atoms with E-state index in [2.05, 4.69) is 20.8 Å². The van der Waals surface area contributed by atoms with Crippen LogP contribution in [0.25, 0.3) is 11.5 Å². The van der Waals surface area contributed by atoms with E-state index in [9.17, 15) is 9.59 Å². The van der Waals surface area contributed by atoms with E-state index in [4.69, 9.17) is 9.26 Å². The summed E-state index contributed by atoms with van der Waals surface area (Å²) in [5.41, 5.74) is 1.02. The summed E-state index contributed by atoms with van der Waals surface area (Å²) in [5.74, 6) is 1.13. The molecule has 2 N–H and O–H groups in total. The number of likely N-dealkylation sites (tertiary alicyclic amines) is 1. The molecule has 9 nitrogen and oxygen atoms in total. The van der Waals surface area contributed by atoms with Gasteiger partial charge in [-0.25, -0.2) is 9.59 Å². The first kappa shape index (κ1) is 18.3. The van der Waals surface area contributed by atoms with Crippen molar-refractivity contribution < 1.29 is 18.8 Å². The van der Waals surface area contributed by atoms with Crippen LogP contribution >= 0.6 is 0 Å². The van der Waals surface area contributed by atoms with Gasteiger partial charge in [-0.15, -0.1) is 0 Å². The van der Waals surface area contributed by atoms with E-state index in [1.807, 2.05) is 31.2 Å². The molecule has 3 heterocycles. The molecule has 2 aliphatic heterocycles. The molecule has 0 saturated carbocycles. The minimum Gasteiger partial charge on any atom is -0.441 e. The third-order valence-electron chi connectivity index (χ3n) is 5.22. The van der Waals surface area contributed by atoms with Crippen molar-refractivity contribution in [3.05, 3.63) is 30.1 Å². The van der Waals surface area contributed by atoms with E-state index in [-0.39, 0.29) is 12.1 Å². The van der Waals surface area contributed by atoms with E-state index in [1.165, 1.54) is 0 Å². The first-order chi connectivity index (χ1) is 13.6. The van der Waals surface area contributed by atoms with Crippen molar-refractivity contribution in [1.29, 1.82) is 0 Å². The SMILES string of the molecule is CCc1noc(-c2ccc(NC(=O)N3CCC[C@@]4(CC3)CNC(=O)O4)cc2)n1. The van der Waals surface area contributed by atoms with Gasteiger partial charge in [0.2, 0.25) is 0 Å². The van der Waals surface area contributed by atoms with E-state index in [1.54, 1.807) is 4.90 Å². The molecule has 2 aliphatic rings. The first-order valence-corrected chi connectivity index (χ1v) is 9.53. The minimum absolute atomic E-state index is 0.159. The van der Waals surface area contributed by atoms with Gasteiger partial charge in [0.25, 0.3) is 5.89 Å². The summed E-state index contributed by atoms with van der Waals surface area (Å²) in [4.78, 5) is 30.1. The summed E-state index contributed by atoms with van der Waals surface area (Å²) in [5, 5.41) is 9.53. The lowest BCUT2D eigenvalue weighted by Crippen LogP contribution is -2.38. The fourth-order valence-electron chi connectivity index (χ4n) is 3.57. The Bertz CT molecular complexity index is 865. The Morgan fingerprint density at radius 1 is 1.29 bits per heavy atom. The molecule has 2 fully saturated rings. The highest BCUT2D eigenvalue weighted by Gasteiger charge is 2.41. The molecule has 2 aromatic rings. The van der Waals surface area contributed by atoms with Crippen LogP contribution in [0.1, 0.15) is 32.0 Å². The van der Waals surface area contributed by atoms with Crippen molar-refractivity contribution in [2.75, 3.05) is 25.0 Å². The van der Waals surface area contributed by atoms with Crippen LogP contribution in [0, 0.1) is 0 Å². The molecule has 1 atom stereocenters. The van der Waals surface area contributed by atoms with Crippen molar-refractivity contribution in [3.63, 3.8) is 0 Å². The number of nitrogens with one attached hydrogen (secondary N) is 2. The fraction of sp³-hybridized carbons (Fsp3) is 0.474. The number of hydrogen-bond donors (Lipinski definition) is 2. The average molecular weight is 385 g/mol. The Morgan fingerprint density at radius 2 is 2.11 bits per heavy atom. The molecular formula is C19H23N5O4. The average Bonchev–Trinajstić information content (AvgIpc) is 3.26. The summed E-state index contributed by atoms with van der Waals surface area (Å²) in [6.45, 7) is 3.65. The van der Waals surface area contributed by atoms with E-state index < -0.39 is 5.60 Å². The molecule has 0 radical (unpaired) electrons.